The molecule has 0 atom stereocenters. The van der Waals surface area contributed by atoms with E-state index in [-0.39, 0.29) is 0 Å². The summed E-state index contributed by atoms with van der Waals surface area (Å²) in [6.45, 7) is 3.76. The molecular weight excluding hydrogens is 352 g/mol. The van der Waals surface area contributed by atoms with E-state index in [0.717, 1.165) is 11.1 Å². The Morgan fingerprint density at radius 2 is 1.00 bits per heavy atom. The quantitative estimate of drug-likeness (QED) is 0.255. The van der Waals surface area contributed by atoms with Gasteiger partial charge in [-0.05, 0) is 38.1 Å². The molecule has 0 nitrogen and oxygen atoms in total. The van der Waals surface area contributed by atoms with Gasteiger partial charge >= 0.3 is 0 Å². The lowest BCUT2D eigenvalue weighted by atomic mass is 10.1. The van der Waals surface area contributed by atoms with Crippen LogP contribution in [0.1, 0.15) is 25.0 Å². The first-order valence-corrected chi connectivity index (χ1v) is 10.1. The van der Waals surface area contributed by atoms with Gasteiger partial charge in [-0.3, -0.25) is 0 Å². The lowest BCUT2D eigenvalue weighted by Gasteiger charge is -1.95. The van der Waals surface area contributed by atoms with E-state index < -0.39 is 0 Å². The van der Waals surface area contributed by atoms with Crippen molar-refractivity contribution in [2.45, 2.75) is 13.8 Å². The third kappa shape index (κ3) is 2.24. The maximum absolute atomic E-state index is 3.17. The molecule has 3 aromatic carbocycles. The predicted molar refractivity (Wildman–Crippen MR) is 117 cm³/mol. The van der Waals surface area contributed by atoms with Crippen LogP contribution in [0, 0.1) is 23.7 Å². The molecule has 5 aromatic rings. The molecule has 2 heterocycles. The van der Waals surface area contributed by atoms with E-state index in [1.807, 2.05) is 36.5 Å². The minimum atomic E-state index is 1.09. The summed E-state index contributed by atoms with van der Waals surface area (Å²) >= 11 is 3.75. The second kappa shape index (κ2) is 5.89. The van der Waals surface area contributed by atoms with E-state index in [4.69, 9.17) is 0 Å². The van der Waals surface area contributed by atoms with Gasteiger partial charge in [0.05, 0.1) is 9.40 Å². The third-order valence-electron chi connectivity index (χ3n) is 4.62. The van der Waals surface area contributed by atoms with Gasteiger partial charge in [0.1, 0.15) is 0 Å². The zero-order valence-corrected chi connectivity index (χ0v) is 16.1. The fourth-order valence-corrected chi connectivity index (χ4v) is 6.13. The molecular formula is C24H14S2. The van der Waals surface area contributed by atoms with Gasteiger partial charge in [0.15, 0.2) is 0 Å². The Morgan fingerprint density at radius 3 is 1.42 bits per heavy atom. The van der Waals surface area contributed by atoms with Crippen molar-refractivity contribution >= 4 is 63.0 Å². The average Bonchev–Trinajstić information content (AvgIpc) is 3.19. The van der Waals surface area contributed by atoms with Crippen LogP contribution < -0.4 is 0 Å². The Labute approximate surface area is 160 Å². The monoisotopic (exact) mass is 366 g/mol. The minimum Gasteiger partial charge on any atom is -0.134 e. The molecule has 122 valence electrons. The van der Waals surface area contributed by atoms with Crippen molar-refractivity contribution in [1.82, 2.24) is 0 Å². The first kappa shape index (κ1) is 15.5. The summed E-state index contributed by atoms with van der Waals surface area (Å²) in [4.78, 5) is 0. The van der Waals surface area contributed by atoms with Gasteiger partial charge < -0.3 is 0 Å². The zero-order valence-electron chi connectivity index (χ0n) is 14.4. The number of benzene rings is 3. The van der Waals surface area contributed by atoms with E-state index >= 15 is 0 Å². The summed E-state index contributed by atoms with van der Waals surface area (Å²) in [7, 11) is 0. The molecule has 2 heteroatoms. The second-order valence-electron chi connectivity index (χ2n) is 6.19. The molecule has 0 N–H and O–H groups in total. The van der Waals surface area contributed by atoms with Crippen LogP contribution in [0.5, 0.6) is 0 Å². The number of fused-ring (bicyclic) bond motifs is 7. The maximum atomic E-state index is 3.17. The largest absolute Gasteiger partial charge is 0.134 e. The summed E-state index contributed by atoms with van der Waals surface area (Å²) < 4.78 is 5.37. The Balaban J connectivity index is 1.87. The summed E-state index contributed by atoms with van der Waals surface area (Å²) in [6, 6.07) is 17.6. The van der Waals surface area contributed by atoms with Crippen molar-refractivity contribution in [2.24, 2.45) is 0 Å². The van der Waals surface area contributed by atoms with Crippen LogP contribution >= 0.6 is 22.7 Å². The van der Waals surface area contributed by atoms with Crippen molar-refractivity contribution in [2.75, 3.05) is 0 Å². The molecule has 0 aliphatic heterocycles. The normalized spacial score (nSPS) is 10.8. The molecule has 0 amide bonds. The van der Waals surface area contributed by atoms with Crippen molar-refractivity contribution < 1.29 is 0 Å². The third-order valence-corrected chi connectivity index (χ3v) is 7.12. The number of hydrogen-bond acceptors (Lipinski definition) is 2. The fourth-order valence-electron chi connectivity index (χ4n) is 3.51. The van der Waals surface area contributed by atoms with Crippen LogP contribution in [0.25, 0.3) is 40.3 Å². The molecule has 0 aliphatic carbocycles. The molecule has 0 radical (unpaired) electrons. The molecule has 0 saturated heterocycles. The van der Waals surface area contributed by atoms with Gasteiger partial charge in [-0.25, -0.2) is 0 Å². The number of hydrogen-bond donors (Lipinski definition) is 0. The smallest absolute Gasteiger partial charge is 0.0534 e. The van der Waals surface area contributed by atoms with Crippen molar-refractivity contribution in [1.29, 1.82) is 0 Å². The van der Waals surface area contributed by atoms with Gasteiger partial charge in [-0.1, -0.05) is 36.1 Å². The second-order valence-corrected chi connectivity index (χ2v) is 8.30. The van der Waals surface area contributed by atoms with Crippen LogP contribution in [0.3, 0.4) is 0 Å². The maximum Gasteiger partial charge on any atom is 0.0534 e. The van der Waals surface area contributed by atoms with Gasteiger partial charge in [0.25, 0.3) is 0 Å². The van der Waals surface area contributed by atoms with Gasteiger partial charge in [-0.2, -0.15) is 0 Å². The fraction of sp³-hybridized carbons (Fsp3) is 0.0833. The van der Waals surface area contributed by atoms with Crippen LogP contribution in [0.2, 0.25) is 0 Å². The van der Waals surface area contributed by atoms with Crippen molar-refractivity contribution in [3.05, 3.63) is 59.7 Å². The van der Waals surface area contributed by atoms with E-state index in [1.54, 1.807) is 0 Å². The molecule has 0 spiro atoms. The number of thiophene rings is 2. The van der Waals surface area contributed by atoms with E-state index in [1.165, 1.54) is 40.3 Å². The molecule has 0 bridgehead atoms. The highest BCUT2D eigenvalue weighted by Gasteiger charge is 2.13. The number of rotatable bonds is 0. The van der Waals surface area contributed by atoms with Crippen LogP contribution in [0.15, 0.2) is 48.5 Å². The lowest BCUT2D eigenvalue weighted by Crippen LogP contribution is -1.73. The van der Waals surface area contributed by atoms with Gasteiger partial charge in [-0.15, -0.1) is 34.5 Å². The minimum absolute atomic E-state index is 1.09. The zero-order chi connectivity index (χ0) is 17.7. The molecule has 26 heavy (non-hydrogen) atoms. The first-order chi connectivity index (χ1) is 12.8. The van der Waals surface area contributed by atoms with Crippen molar-refractivity contribution in [3.8, 4) is 23.7 Å². The standard InChI is InChI=1S/C24H14S2/c1-3-5-15-7-9-17-19-11-12-20-18-10-8-16(6-4-2)14-22(18)26-24(20)23(19)25-21(17)13-15/h7-14H,1-2H3. The van der Waals surface area contributed by atoms with Gasteiger partial charge in [0.2, 0.25) is 0 Å². The highest BCUT2D eigenvalue weighted by atomic mass is 32.1. The highest BCUT2D eigenvalue weighted by Crippen LogP contribution is 2.44. The molecule has 5 rings (SSSR count). The highest BCUT2D eigenvalue weighted by molar-refractivity contribution is 7.33. The Kier molecular flexibility index (Phi) is 3.50. The van der Waals surface area contributed by atoms with Crippen LogP contribution in [-0.4, -0.2) is 0 Å². The van der Waals surface area contributed by atoms with Crippen LogP contribution in [0.4, 0.5) is 0 Å². The Hall–Kier alpha value is -2.78. The molecule has 2 aromatic heterocycles. The van der Waals surface area contributed by atoms with Crippen molar-refractivity contribution in [3.63, 3.8) is 0 Å². The molecule has 0 unspecified atom stereocenters. The molecule has 0 saturated carbocycles. The Morgan fingerprint density at radius 1 is 0.577 bits per heavy atom. The predicted octanol–water partition coefficient (Wildman–Crippen LogP) is 7.17. The molecule has 0 aliphatic rings. The first-order valence-electron chi connectivity index (χ1n) is 8.45. The Bertz CT molecular complexity index is 1340. The lowest BCUT2D eigenvalue weighted by molar-refractivity contribution is 1.74. The summed E-state index contributed by atoms with van der Waals surface area (Å²) in [5.74, 6) is 12.3. The summed E-state index contributed by atoms with van der Waals surface area (Å²) in [5.41, 5.74) is 2.17. The molecule has 0 fully saturated rings. The average molecular weight is 367 g/mol. The van der Waals surface area contributed by atoms with E-state index in [0.29, 0.717) is 0 Å². The van der Waals surface area contributed by atoms with Gasteiger partial charge in [0, 0.05) is 42.1 Å². The summed E-state index contributed by atoms with van der Waals surface area (Å²) in [6.07, 6.45) is 0. The van der Waals surface area contributed by atoms with Crippen LogP contribution in [-0.2, 0) is 0 Å². The van der Waals surface area contributed by atoms with E-state index in [9.17, 15) is 0 Å². The topological polar surface area (TPSA) is 0 Å². The SMILES string of the molecule is CC#Cc1ccc2c(c1)sc1c2ccc2c3ccc(C#CC)cc3sc21. The van der Waals surface area contributed by atoms with E-state index in [2.05, 4.69) is 72.2 Å². The summed E-state index contributed by atoms with van der Waals surface area (Å²) in [5, 5.41) is 5.33.